The second kappa shape index (κ2) is 7.74. The van der Waals surface area contributed by atoms with Gasteiger partial charge in [0.2, 0.25) is 0 Å². The lowest BCUT2D eigenvalue weighted by Crippen LogP contribution is -2.16. The molecule has 0 heterocycles. The van der Waals surface area contributed by atoms with Gasteiger partial charge in [-0.1, -0.05) is 6.07 Å². The lowest BCUT2D eigenvalue weighted by atomic mass is 10.2. The normalized spacial score (nSPS) is 11.2. The molecular formula is C13H16F3NO3. The number of rotatable bonds is 7. The molecule has 0 saturated heterocycles. The van der Waals surface area contributed by atoms with Crippen LogP contribution in [0, 0.1) is 0 Å². The molecule has 1 aromatic rings. The molecule has 0 aliphatic carbocycles. The lowest BCUT2D eigenvalue weighted by molar-refractivity contribution is -0.148. The van der Waals surface area contributed by atoms with Gasteiger partial charge in [0.1, 0.15) is 6.61 Å². The molecule has 0 bridgehead atoms. The maximum absolute atomic E-state index is 12.5. The SMILES string of the molecule is CCOC(=O)COCCNc1cccc(C(F)(F)F)c1. The van der Waals surface area contributed by atoms with Crippen LogP contribution in [0.15, 0.2) is 24.3 Å². The average Bonchev–Trinajstić information content (AvgIpc) is 2.38. The molecule has 0 spiro atoms. The van der Waals surface area contributed by atoms with E-state index >= 15 is 0 Å². The maximum Gasteiger partial charge on any atom is 0.416 e. The van der Waals surface area contributed by atoms with E-state index in [1.165, 1.54) is 12.1 Å². The summed E-state index contributed by atoms with van der Waals surface area (Å²) in [5.41, 5.74) is -0.366. The molecule has 4 nitrogen and oxygen atoms in total. The van der Waals surface area contributed by atoms with Crippen LogP contribution in [0.1, 0.15) is 12.5 Å². The molecule has 0 aliphatic rings. The zero-order valence-electron chi connectivity index (χ0n) is 11.0. The number of esters is 1. The van der Waals surface area contributed by atoms with Gasteiger partial charge in [-0.15, -0.1) is 0 Å². The van der Waals surface area contributed by atoms with Crippen molar-refractivity contribution in [3.05, 3.63) is 29.8 Å². The molecule has 0 aromatic heterocycles. The van der Waals surface area contributed by atoms with Crippen LogP contribution in [0.3, 0.4) is 0 Å². The topological polar surface area (TPSA) is 47.6 Å². The Balaban J connectivity index is 2.31. The molecule has 20 heavy (non-hydrogen) atoms. The van der Waals surface area contributed by atoms with E-state index < -0.39 is 17.7 Å². The highest BCUT2D eigenvalue weighted by atomic mass is 19.4. The Morgan fingerprint density at radius 1 is 1.35 bits per heavy atom. The summed E-state index contributed by atoms with van der Waals surface area (Å²) in [6.07, 6.45) is -4.36. The highest BCUT2D eigenvalue weighted by Gasteiger charge is 2.30. The van der Waals surface area contributed by atoms with Gasteiger partial charge in [0.25, 0.3) is 0 Å². The van der Waals surface area contributed by atoms with Crippen LogP contribution in [0.25, 0.3) is 0 Å². The van der Waals surface area contributed by atoms with Crippen molar-refractivity contribution in [2.75, 3.05) is 31.7 Å². The quantitative estimate of drug-likeness (QED) is 0.620. The van der Waals surface area contributed by atoms with E-state index in [4.69, 9.17) is 4.74 Å². The Hall–Kier alpha value is -1.76. The minimum atomic E-state index is -4.36. The number of hydrogen-bond acceptors (Lipinski definition) is 4. The Kier molecular flexibility index (Phi) is 6.30. The third kappa shape index (κ3) is 5.92. The smallest absolute Gasteiger partial charge is 0.416 e. The lowest BCUT2D eigenvalue weighted by Gasteiger charge is -2.10. The Morgan fingerprint density at radius 2 is 2.10 bits per heavy atom. The van der Waals surface area contributed by atoms with Gasteiger partial charge >= 0.3 is 12.1 Å². The fourth-order valence-corrected chi connectivity index (χ4v) is 1.43. The van der Waals surface area contributed by atoms with Crippen molar-refractivity contribution in [3.8, 4) is 0 Å². The summed E-state index contributed by atoms with van der Waals surface area (Å²) in [4.78, 5) is 10.9. The van der Waals surface area contributed by atoms with Gasteiger partial charge in [-0.25, -0.2) is 4.79 Å². The van der Waals surface area contributed by atoms with Crippen LogP contribution in [0.2, 0.25) is 0 Å². The van der Waals surface area contributed by atoms with Crippen LogP contribution in [0.5, 0.6) is 0 Å². The first-order valence-electron chi connectivity index (χ1n) is 6.08. The first-order valence-corrected chi connectivity index (χ1v) is 6.08. The highest BCUT2D eigenvalue weighted by Crippen LogP contribution is 2.30. The number of hydrogen-bond donors (Lipinski definition) is 1. The van der Waals surface area contributed by atoms with Gasteiger partial charge in [0.05, 0.1) is 18.8 Å². The second-order valence-electron chi connectivity index (χ2n) is 3.86. The van der Waals surface area contributed by atoms with Gasteiger partial charge in [0.15, 0.2) is 0 Å². The highest BCUT2D eigenvalue weighted by molar-refractivity contribution is 5.70. The number of halogens is 3. The number of anilines is 1. The average molecular weight is 291 g/mol. The molecular weight excluding hydrogens is 275 g/mol. The zero-order chi connectivity index (χ0) is 15.0. The fourth-order valence-electron chi connectivity index (χ4n) is 1.43. The summed E-state index contributed by atoms with van der Waals surface area (Å²) >= 11 is 0. The first-order chi connectivity index (χ1) is 9.43. The Morgan fingerprint density at radius 3 is 2.75 bits per heavy atom. The predicted octanol–water partition coefficient (Wildman–Crippen LogP) is 2.70. The Bertz CT molecular complexity index is 435. The van der Waals surface area contributed by atoms with E-state index in [1.807, 2.05) is 0 Å². The van der Waals surface area contributed by atoms with Gasteiger partial charge in [0, 0.05) is 12.2 Å². The van der Waals surface area contributed by atoms with Crippen molar-refractivity contribution >= 4 is 11.7 Å². The van der Waals surface area contributed by atoms with E-state index in [1.54, 1.807) is 6.92 Å². The third-order valence-electron chi connectivity index (χ3n) is 2.29. The van der Waals surface area contributed by atoms with Crippen molar-refractivity contribution in [1.29, 1.82) is 0 Å². The molecule has 1 aromatic carbocycles. The summed E-state index contributed by atoms with van der Waals surface area (Å²) in [6.45, 7) is 2.28. The second-order valence-corrected chi connectivity index (χ2v) is 3.86. The van der Waals surface area contributed by atoms with E-state index in [9.17, 15) is 18.0 Å². The number of nitrogens with one attached hydrogen (secondary N) is 1. The van der Waals surface area contributed by atoms with Crippen molar-refractivity contribution in [1.82, 2.24) is 0 Å². The molecule has 0 fully saturated rings. The van der Waals surface area contributed by atoms with Gasteiger partial charge in [-0.05, 0) is 25.1 Å². The summed E-state index contributed by atoms with van der Waals surface area (Å²) < 4.78 is 47.1. The van der Waals surface area contributed by atoms with E-state index in [-0.39, 0.29) is 19.8 Å². The van der Waals surface area contributed by atoms with Crippen LogP contribution in [-0.2, 0) is 20.4 Å². The summed E-state index contributed by atoms with van der Waals surface area (Å²) in [6, 6.07) is 4.87. The number of benzene rings is 1. The predicted molar refractivity (Wildman–Crippen MR) is 67.4 cm³/mol. The van der Waals surface area contributed by atoms with E-state index in [0.29, 0.717) is 12.2 Å². The number of carbonyl (C=O) groups is 1. The van der Waals surface area contributed by atoms with Gasteiger partial charge in [-0.2, -0.15) is 13.2 Å². The largest absolute Gasteiger partial charge is 0.464 e. The molecule has 0 atom stereocenters. The zero-order valence-corrected chi connectivity index (χ0v) is 11.0. The van der Waals surface area contributed by atoms with Crippen molar-refractivity contribution in [2.45, 2.75) is 13.1 Å². The van der Waals surface area contributed by atoms with E-state index in [0.717, 1.165) is 12.1 Å². The maximum atomic E-state index is 12.5. The number of ether oxygens (including phenoxy) is 2. The molecule has 112 valence electrons. The number of alkyl halides is 3. The van der Waals surface area contributed by atoms with Crippen LogP contribution >= 0.6 is 0 Å². The van der Waals surface area contributed by atoms with Crippen LogP contribution in [0.4, 0.5) is 18.9 Å². The molecule has 0 saturated carbocycles. The minimum Gasteiger partial charge on any atom is -0.464 e. The molecule has 1 rings (SSSR count). The molecule has 0 amide bonds. The van der Waals surface area contributed by atoms with Crippen LogP contribution < -0.4 is 5.32 Å². The third-order valence-corrected chi connectivity index (χ3v) is 2.29. The molecule has 7 heteroatoms. The first kappa shape index (κ1) is 16.3. The fraction of sp³-hybridized carbons (Fsp3) is 0.462. The summed E-state index contributed by atoms with van der Waals surface area (Å²) in [5.74, 6) is -0.466. The van der Waals surface area contributed by atoms with Crippen molar-refractivity contribution < 1.29 is 27.4 Å². The molecule has 0 radical (unpaired) electrons. The standard InChI is InChI=1S/C13H16F3NO3/c1-2-20-12(18)9-19-7-6-17-11-5-3-4-10(8-11)13(14,15)16/h3-5,8,17H,2,6-7,9H2,1H3. The summed E-state index contributed by atoms with van der Waals surface area (Å²) in [7, 11) is 0. The van der Waals surface area contributed by atoms with E-state index in [2.05, 4.69) is 10.1 Å². The monoisotopic (exact) mass is 291 g/mol. The summed E-state index contributed by atoms with van der Waals surface area (Å²) in [5, 5.41) is 2.79. The number of carbonyl (C=O) groups excluding carboxylic acids is 1. The molecule has 0 unspecified atom stereocenters. The molecule has 0 aliphatic heterocycles. The molecule has 1 N–H and O–H groups in total. The van der Waals surface area contributed by atoms with Gasteiger partial charge < -0.3 is 14.8 Å². The minimum absolute atomic E-state index is 0.169. The van der Waals surface area contributed by atoms with Crippen LogP contribution in [-0.4, -0.2) is 32.3 Å². The Labute approximate surface area is 114 Å². The van der Waals surface area contributed by atoms with Gasteiger partial charge in [-0.3, -0.25) is 0 Å². The van der Waals surface area contributed by atoms with Crippen molar-refractivity contribution in [2.24, 2.45) is 0 Å². The van der Waals surface area contributed by atoms with Crippen molar-refractivity contribution in [3.63, 3.8) is 0 Å².